The van der Waals surface area contributed by atoms with Crippen molar-refractivity contribution in [3.63, 3.8) is 0 Å². The average molecular weight is 502 g/mol. The minimum absolute atomic E-state index is 0.184. The average Bonchev–Trinajstić information content (AvgIpc) is 3.61. The maximum absolute atomic E-state index is 14.0. The van der Waals surface area contributed by atoms with Gasteiger partial charge in [-0.3, -0.25) is 9.78 Å². The molecular formula is C27H23N3O3S2. The molecule has 1 amide bonds. The highest BCUT2D eigenvalue weighted by Crippen LogP contribution is 2.23. The largest absolute Gasteiger partial charge is 0.467 e. The van der Waals surface area contributed by atoms with E-state index in [1.165, 1.54) is 0 Å². The predicted molar refractivity (Wildman–Crippen MR) is 138 cm³/mol. The lowest BCUT2D eigenvalue weighted by atomic mass is 10.1. The van der Waals surface area contributed by atoms with E-state index in [0.717, 1.165) is 21.3 Å². The van der Waals surface area contributed by atoms with E-state index in [1.54, 1.807) is 40.8 Å². The fourth-order valence-corrected chi connectivity index (χ4v) is 5.56. The van der Waals surface area contributed by atoms with Crippen molar-refractivity contribution in [2.24, 2.45) is 0 Å². The van der Waals surface area contributed by atoms with E-state index >= 15 is 0 Å². The number of benzene rings is 2. The second-order valence-electron chi connectivity index (χ2n) is 7.94. The van der Waals surface area contributed by atoms with Crippen LogP contribution in [0.1, 0.15) is 22.2 Å². The molecule has 8 heteroatoms. The number of amides is 1. The zero-order valence-corrected chi connectivity index (χ0v) is 20.4. The van der Waals surface area contributed by atoms with Crippen LogP contribution in [-0.2, 0) is 28.9 Å². The number of carbonyl (C=O) groups excluding carboxylic acids is 1. The Morgan fingerprint density at radius 2 is 1.89 bits per heavy atom. The number of rotatable bonds is 9. The Balaban J connectivity index is 1.45. The molecule has 0 aliphatic carbocycles. The molecule has 0 saturated heterocycles. The first-order chi connectivity index (χ1) is 17.2. The minimum Gasteiger partial charge on any atom is -0.467 e. The molecule has 0 spiro atoms. The van der Waals surface area contributed by atoms with Crippen LogP contribution in [0.4, 0.5) is 0 Å². The fourth-order valence-electron chi connectivity index (χ4n) is 3.83. The Bertz CT molecular complexity index is 1380. The smallest absolute Gasteiger partial charge is 0.245 e. The lowest BCUT2D eigenvalue weighted by Gasteiger charge is -2.27. The van der Waals surface area contributed by atoms with Gasteiger partial charge < -0.3 is 9.32 Å². The highest BCUT2D eigenvalue weighted by atomic mass is 32.2. The molecule has 3 aromatic heterocycles. The number of hydrogen-bond donors (Lipinski definition) is 1. The molecule has 0 fully saturated rings. The van der Waals surface area contributed by atoms with Gasteiger partial charge in [0.25, 0.3) is 0 Å². The molecule has 5 rings (SSSR count). The highest BCUT2D eigenvalue weighted by molar-refractivity contribution is 7.83. The van der Waals surface area contributed by atoms with Crippen LogP contribution in [0.2, 0.25) is 0 Å². The van der Waals surface area contributed by atoms with Gasteiger partial charge in [0.1, 0.15) is 22.8 Å². The van der Waals surface area contributed by atoms with Gasteiger partial charge in [-0.15, -0.1) is 11.3 Å². The van der Waals surface area contributed by atoms with E-state index in [2.05, 4.69) is 9.71 Å². The van der Waals surface area contributed by atoms with Gasteiger partial charge in [0.05, 0.1) is 29.8 Å². The van der Waals surface area contributed by atoms with E-state index in [0.29, 0.717) is 23.7 Å². The number of nitrogens with one attached hydrogen (secondary N) is 1. The van der Waals surface area contributed by atoms with Crippen molar-refractivity contribution >= 4 is 39.1 Å². The van der Waals surface area contributed by atoms with Crippen molar-refractivity contribution in [1.29, 1.82) is 0 Å². The second kappa shape index (κ2) is 10.8. The van der Waals surface area contributed by atoms with Gasteiger partial charge in [0.2, 0.25) is 5.91 Å². The van der Waals surface area contributed by atoms with Crippen molar-refractivity contribution in [3.8, 4) is 0 Å². The summed E-state index contributed by atoms with van der Waals surface area (Å²) >= 11 is 1.59. The first-order valence-electron chi connectivity index (χ1n) is 11.1. The minimum atomic E-state index is -1.63. The first-order valence-corrected chi connectivity index (χ1v) is 13.1. The SMILES string of the molecule is O=C([C@H](NS(=O)c1ccc2ncccc2c1)c1ccccc1)N(Cc1ccco1)Cc1cccs1. The summed E-state index contributed by atoms with van der Waals surface area (Å²) in [6.45, 7) is 0.736. The summed E-state index contributed by atoms with van der Waals surface area (Å²) in [7, 11) is -1.63. The topological polar surface area (TPSA) is 75.4 Å². The van der Waals surface area contributed by atoms with Gasteiger partial charge in [-0.1, -0.05) is 42.5 Å². The molecule has 1 N–H and O–H groups in total. The molecule has 0 bridgehead atoms. The number of pyridine rings is 1. The Morgan fingerprint density at radius 1 is 1.00 bits per heavy atom. The lowest BCUT2D eigenvalue weighted by Crippen LogP contribution is -2.40. The van der Waals surface area contributed by atoms with E-state index in [9.17, 15) is 9.00 Å². The molecule has 1 unspecified atom stereocenters. The molecule has 2 atom stereocenters. The van der Waals surface area contributed by atoms with Crippen LogP contribution >= 0.6 is 11.3 Å². The summed E-state index contributed by atoms with van der Waals surface area (Å²) in [5, 5.41) is 2.88. The molecule has 6 nitrogen and oxygen atoms in total. The van der Waals surface area contributed by atoms with Crippen LogP contribution in [-0.4, -0.2) is 20.0 Å². The van der Waals surface area contributed by atoms with E-state index in [1.807, 2.05) is 78.2 Å². The molecule has 0 aliphatic rings. The van der Waals surface area contributed by atoms with Crippen molar-refractivity contribution in [1.82, 2.24) is 14.6 Å². The number of furan rings is 1. The van der Waals surface area contributed by atoms with Crippen LogP contribution in [0.3, 0.4) is 0 Å². The number of aromatic nitrogens is 1. The third kappa shape index (κ3) is 5.57. The zero-order valence-electron chi connectivity index (χ0n) is 18.7. The molecule has 2 aromatic carbocycles. The molecule has 176 valence electrons. The van der Waals surface area contributed by atoms with Gasteiger partial charge in [0, 0.05) is 16.5 Å². The molecular weight excluding hydrogens is 478 g/mol. The maximum Gasteiger partial charge on any atom is 0.245 e. The van der Waals surface area contributed by atoms with E-state index in [-0.39, 0.29) is 5.91 Å². The van der Waals surface area contributed by atoms with Crippen molar-refractivity contribution in [2.75, 3.05) is 0 Å². The Labute approximate surface area is 209 Å². The summed E-state index contributed by atoms with van der Waals surface area (Å²) in [6, 6.07) is 25.4. The van der Waals surface area contributed by atoms with Crippen LogP contribution in [0.5, 0.6) is 0 Å². The number of fused-ring (bicyclic) bond motifs is 1. The van der Waals surface area contributed by atoms with Crippen LogP contribution in [0.25, 0.3) is 10.9 Å². The van der Waals surface area contributed by atoms with Gasteiger partial charge in [-0.2, -0.15) is 0 Å². The first kappa shape index (κ1) is 23.2. The Kier molecular flexibility index (Phi) is 7.13. The van der Waals surface area contributed by atoms with Gasteiger partial charge in [0.15, 0.2) is 0 Å². The Hall–Kier alpha value is -3.59. The summed E-state index contributed by atoms with van der Waals surface area (Å²) in [5.74, 6) is 0.502. The van der Waals surface area contributed by atoms with Gasteiger partial charge in [-0.25, -0.2) is 8.93 Å². The molecule has 5 aromatic rings. The van der Waals surface area contributed by atoms with E-state index in [4.69, 9.17) is 4.42 Å². The standard InChI is InChI=1S/C27H23N3O3S2/c31-27(30(18-22-10-5-15-33-22)19-23-11-6-16-34-23)26(20-7-2-1-3-8-20)29-35(32)24-12-13-25-21(17-24)9-4-14-28-25/h1-17,26,29H,18-19H2/t26-,35?/m1/s1. The number of carbonyl (C=O) groups is 1. The monoisotopic (exact) mass is 501 g/mol. The van der Waals surface area contributed by atoms with E-state index < -0.39 is 17.0 Å². The number of hydrogen-bond acceptors (Lipinski definition) is 5. The predicted octanol–water partition coefficient (Wildman–Crippen LogP) is 5.47. The summed E-state index contributed by atoms with van der Waals surface area (Å²) in [5.41, 5.74) is 1.56. The maximum atomic E-state index is 14.0. The van der Waals surface area contributed by atoms with Crippen molar-refractivity contribution < 1.29 is 13.4 Å². The third-order valence-electron chi connectivity index (χ3n) is 5.56. The molecule has 35 heavy (non-hydrogen) atoms. The van der Waals surface area contributed by atoms with Gasteiger partial charge in [-0.05, 0) is 53.4 Å². The summed E-state index contributed by atoms with van der Waals surface area (Å²) in [6.07, 6.45) is 3.32. The van der Waals surface area contributed by atoms with Crippen LogP contribution in [0, 0.1) is 0 Å². The van der Waals surface area contributed by atoms with Crippen LogP contribution in [0.15, 0.2) is 112 Å². The normalized spacial score (nSPS) is 12.9. The zero-order chi connectivity index (χ0) is 24.0. The summed E-state index contributed by atoms with van der Waals surface area (Å²) in [4.78, 5) is 21.6. The summed E-state index contributed by atoms with van der Waals surface area (Å²) < 4.78 is 22.0. The molecule has 3 heterocycles. The highest BCUT2D eigenvalue weighted by Gasteiger charge is 2.29. The Morgan fingerprint density at radius 3 is 2.66 bits per heavy atom. The van der Waals surface area contributed by atoms with Crippen LogP contribution < -0.4 is 4.72 Å². The van der Waals surface area contributed by atoms with Crippen molar-refractivity contribution in [3.05, 3.63) is 119 Å². The third-order valence-corrected chi connectivity index (χ3v) is 7.55. The van der Waals surface area contributed by atoms with Crippen molar-refractivity contribution in [2.45, 2.75) is 24.0 Å². The number of thiophene rings is 1. The molecule has 0 aliphatic heterocycles. The number of nitrogens with zero attached hydrogens (tertiary/aromatic N) is 2. The molecule has 0 saturated carbocycles. The quantitative estimate of drug-likeness (QED) is 0.291. The fraction of sp³-hybridized carbons (Fsp3) is 0.111. The second-order valence-corrected chi connectivity index (χ2v) is 10.2. The molecule has 0 radical (unpaired) electrons. The lowest BCUT2D eigenvalue weighted by molar-refractivity contribution is -0.134. The van der Waals surface area contributed by atoms with Gasteiger partial charge >= 0.3 is 0 Å².